The van der Waals surface area contributed by atoms with Gasteiger partial charge in [0, 0.05) is 12.0 Å². The molecule has 2 rings (SSSR count). The average Bonchev–Trinajstić information content (AvgIpc) is 2.86. The summed E-state index contributed by atoms with van der Waals surface area (Å²) < 4.78 is 13.3. The van der Waals surface area contributed by atoms with E-state index in [-0.39, 0.29) is 24.5 Å². The van der Waals surface area contributed by atoms with Crippen LogP contribution in [-0.4, -0.2) is 37.8 Å². The molecule has 108 valence electrons. The zero-order valence-corrected chi connectivity index (χ0v) is 11.2. The molecular formula is C13H12FN5O2. The zero-order valence-electron chi connectivity index (χ0n) is 11.2. The fourth-order valence-electron chi connectivity index (χ4n) is 1.53. The van der Waals surface area contributed by atoms with E-state index in [0.29, 0.717) is 5.56 Å². The van der Waals surface area contributed by atoms with Gasteiger partial charge >= 0.3 is 0 Å². The summed E-state index contributed by atoms with van der Waals surface area (Å²) in [5.74, 6) is 4.27. The second-order valence-corrected chi connectivity index (χ2v) is 4.02. The van der Waals surface area contributed by atoms with Crippen LogP contribution in [0.1, 0.15) is 22.3 Å². The lowest BCUT2D eigenvalue weighted by atomic mass is 10.1. The topological polar surface area (TPSA) is 92.9 Å². The maximum Gasteiger partial charge on any atom is 0.270 e. The highest BCUT2D eigenvalue weighted by Gasteiger charge is 2.14. The predicted octanol–water partition coefficient (Wildman–Crippen LogP) is 0.335. The van der Waals surface area contributed by atoms with Gasteiger partial charge in [-0.25, -0.2) is 4.39 Å². The predicted molar refractivity (Wildman–Crippen MR) is 71.7 cm³/mol. The van der Waals surface area contributed by atoms with Crippen molar-refractivity contribution in [2.24, 2.45) is 7.05 Å². The minimum atomic E-state index is -0.587. The third-order valence-electron chi connectivity index (χ3n) is 2.42. The Bertz CT molecular complexity index is 717. The number of aliphatic hydroxyl groups excluding tert-OH is 1. The summed E-state index contributed by atoms with van der Waals surface area (Å²) in [4.78, 5) is 13.3. The van der Waals surface area contributed by atoms with Crippen molar-refractivity contribution in [3.05, 3.63) is 35.1 Å². The second kappa shape index (κ2) is 6.58. The molecule has 1 aromatic carbocycles. The number of aromatic nitrogens is 4. The number of nitrogens with one attached hydrogen (secondary N) is 1. The van der Waals surface area contributed by atoms with Crippen molar-refractivity contribution in [3.8, 4) is 11.8 Å². The van der Waals surface area contributed by atoms with Gasteiger partial charge < -0.3 is 5.11 Å². The lowest BCUT2D eigenvalue weighted by Crippen LogP contribution is -2.15. The first-order chi connectivity index (χ1) is 10.1. The number of aryl methyl sites for hydroxylation is 1. The number of carbonyl (C=O) groups excluding carboxylic acids is 1. The molecule has 0 bridgehead atoms. The Morgan fingerprint density at radius 2 is 2.33 bits per heavy atom. The molecule has 0 saturated heterocycles. The van der Waals surface area contributed by atoms with Crippen LogP contribution in [0.5, 0.6) is 0 Å². The fourth-order valence-corrected chi connectivity index (χ4v) is 1.53. The summed E-state index contributed by atoms with van der Waals surface area (Å²) in [5, 5.41) is 22.1. The number of tetrazole rings is 1. The van der Waals surface area contributed by atoms with Crippen molar-refractivity contribution >= 4 is 11.9 Å². The lowest BCUT2D eigenvalue weighted by molar-refractivity contribution is 0.102. The molecule has 0 fully saturated rings. The van der Waals surface area contributed by atoms with Gasteiger partial charge in [0.05, 0.1) is 19.2 Å². The van der Waals surface area contributed by atoms with Crippen LogP contribution in [0.25, 0.3) is 0 Å². The zero-order chi connectivity index (χ0) is 15.2. The molecule has 7 nitrogen and oxygen atoms in total. The number of aliphatic hydroxyl groups is 1. The Hall–Kier alpha value is -2.79. The number of anilines is 1. The highest BCUT2D eigenvalue weighted by molar-refractivity contribution is 6.05. The molecule has 0 atom stereocenters. The van der Waals surface area contributed by atoms with Crippen LogP contribution >= 0.6 is 0 Å². The highest BCUT2D eigenvalue weighted by Crippen LogP contribution is 2.12. The number of benzene rings is 1. The van der Waals surface area contributed by atoms with Gasteiger partial charge in [-0.05, 0) is 23.4 Å². The van der Waals surface area contributed by atoms with Crippen molar-refractivity contribution in [2.75, 3.05) is 11.9 Å². The standard InChI is InChI=1S/C13H12FN5O2/c1-19-17-13(16-18-19)15-12(21)11-8-10(14)6-5-9(11)4-2-3-7-20/h5-6,8,20H,3,7H2,1H3,(H,15,17,21). The quantitative estimate of drug-likeness (QED) is 0.795. The molecule has 0 unspecified atom stereocenters. The monoisotopic (exact) mass is 289 g/mol. The van der Waals surface area contributed by atoms with Crippen molar-refractivity contribution in [1.82, 2.24) is 20.2 Å². The number of amides is 1. The van der Waals surface area contributed by atoms with Crippen molar-refractivity contribution < 1.29 is 14.3 Å². The fraction of sp³-hybridized carbons (Fsp3) is 0.231. The van der Waals surface area contributed by atoms with Gasteiger partial charge in [0.1, 0.15) is 5.82 Å². The number of rotatable bonds is 3. The molecule has 0 spiro atoms. The minimum absolute atomic E-state index is 0.0148. The van der Waals surface area contributed by atoms with E-state index in [1.54, 1.807) is 7.05 Å². The highest BCUT2D eigenvalue weighted by atomic mass is 19.1. The molecule has 8 heteroatoms. The number of hydrogen-bond donors (Lipinski definition) is 2. The Morgan fingerprint density at radius 3 is 3.00 bits per heavy atom. The van der Waals surface area contributed by atoms with Crippen molar-refractivity contribution in [2.45, 2.75) is 6.42 Å². The molecule has 0 radical (unpaired) electrons. The molecule has 0 aliphatic heterocycles. The molecule has 0 saturated carbocycles. The maximum absolute atomic E-state index is 13.3. The van der Waals surface area contributed by atoms with Crippen molar-refractivity contribution in [3.63, 3.8) is 0 Å². The first-order valence-corrected chi connectivity index (χ1v) is 6.05. The summed E-state index contributed by atoms with van der Waals surface area (Å²) in [6, 6.07) is 3.69. The first-order valence-electron chi connectivity index (χ1n) is 6.05. The normalized spacial score (nSPS) is 9.86. The third-order valence-corrected chi connectivity index (χ3v) is 2.42. The van der Waals surface area contributed by atoms with E-state index < -0.39 is 11.7 Å². The van der Waals surface area contributed by atoms with E-state index in [1.165, 1.54) is 16.9 Å². The van der Waals surface area contributed by atoms with E-state index in [9.17, 15) is 9.18 Å². The molecular weight excluding hydrogens is 277 g/mol. The second-order valence-electron chi connectivity index (χ2n) is 4.02. The number of halogens is 1. The summed E-state index contributed by atoms with van der Waals surface area (Å²) in [7, 11) is 1.55. The Balaban J connectivity index is 2.26. The van der Waals surface area contributed by atoms with E-state index in [0.717, 1.165) is 6.07 Å². The molecule has 1 heterocycles. The smallest absolute Gasteiger partial charge is 0.270 e. The third kappa shape index (κ3) is 3.84. The summed E-state index contributed by atoms with van der Waals surface area (Å²) >= 11 is 0. The Morgan fingerprint density at radius 1 is 1.52 bits per heavy atom. The molecule has 2 N–H and O–H groups in total. The van der Waals surface area contributed by atoms with Crippen LogP contribution in [0.3, 0.4) is 0 Å². The number of hydrogen-bond acceptors (Lipinski definition) is 5. The van der Waals surface area contributed by atoms with Gasteiger partial charge in [0.15, 0.2) is 0 Å². The molecule has 0 aliphatic rings. The SMILES string of the molecule is Cn1nnc(NC(=O)c2cc(F)ccc2C#CCCO)n1. The van der Waals surface area contributed by atoms with Gasteiger partial charge in [0.25, 0.3) is 11.9 Å². The largest absolute Gasteiger partial charge is 0.395 e. The molecule has 2 aromatic rings. The van der Waals surface area contributed by atoms with E-state index in [4.69, 9.17) is 5.11 Å². The number of nitrogens with zero attached hydrogens (tertiary/aromatic N) is 4. The lowest BCUT2D eigenvalue weighted by Gasteiger charge is -2.04. The average molecular weight is 289 g/mol. The Labute approximate surface area is 119 Å². The molecule has 1 aromatic heterocycles. The molecule has 21 heavy (non-hydrogen) atoms. The van der Waals surface area contributed by atoms with Crippen LogP contribution in [0, 0.1) is 17.7 Å². The van der Waals surface area contributed by atoms with E-state index in [1.807, 2.05) is 0 Å². The van der Waals surface area contributed by atoms with E-state index >= 15 is 0 Å². The first kappa shape index (κ1) is 14.6. The van der Waals surface area contributed by atoms with Crippen LogP contribution in [-0.2, 0) is 7.05 Å². The van der Waals surface area contributed by atoms with Gasteiger partial charge in [-0.2, -0.15) is 4.80 Å². The minimum Gasteiger partial charge on any atom is -0.395 e. The van der Waals surface area contributed by atoms with Crippen LogP contribution in [0.15, 0.2) is 18.2 Å². The van der Waals surface area contributed by atoms with E-state index in [2.05, 4.69) is 32.6 Å². The van der Waals surface area contributed by atoms with Gasteiger partial charge in [-0.15, -0.1) is 5.10 Å². The molecule has 1 amide bonds. The van der Waals surface area contributed by atoms with Crippen LogP contribution < -0.4 is 5.32 Å². The van der Waals surface area contributed by atoms with Gasteiger partial charge in [0.2, 0.25) is 0 Å². The summed E-state index contributed by atoms with van der Waals surface area (Å²) in [5.41, 5.74) is 0.416. The van der Waals surface area contributed by atoms with Crippen molar-refractivity contribution in [1.29, 1.82) is 0 Å². The summed E-state index contributed by atoms with van der Waals surface area (Å²) in [6.07, 6.45) is 0.268. The molecule has 0 aliphatic carbocycles. The Kier molecular flexibility index (Phi) is 4.58. The maximum atomic E-state index is 13.3. The van der Waals surface area contributed by atoms with Gasteiger partial charge in [-0.3, -0.25) is 10.1 Å². The summed E-state index contributed by atoms with van der Waals surface area (Å²) in [6.45, 7) is -0.0841. The number of carbonyl (C=O) groups is 1. The van der Waals surface area contributed by atoms with Gasteiger partial charge in [-0.1, -0.05) is 16.9 Å². The van der Waals surface area contributed by atoms with Crippen LogP contribution in [0.4, 0.5) is 10.3 Å². The van der Waals surface area contributed by atoms with Crippen LogP contribution in [0.2, 0.25) is 0 Å².